The molecule has 1 aliphatic carbocycles. The monoisotopic (exact) mass is 443 g/mol. The third-order valence-electron chi connectivity index (χ3n) is 6.20. The van der Waals surface area contributed by atoms with E-state index in [0.717, 1.165) is 42.3 Å². The minimum atomic E-state index is -0.452. The highest BCUT2D eigenvalue weighted by molar-refractivity contribution is 5.94. The summed E-state index contributed by atoms with van der Waals surface area (Å²) >= 11 is 0. The summed E-state index contributed by atoms with van der Waals surface area (Å²) < 4.78 is 7.33. The molecule has 2 heterocycles. The molecule has 0 radical (unpaired) electrons. The first kappa shape index (κ1) is 21.1. The van der Waals surface area contributed by atoms with Crippen LogP contribution in [0.15, 0.2) is 57.8 Å². The van der Waals surface area contributed by atoms with Crippen LogP contribution in [0.2, 0.25) is 0 Å². The van der Waals surface area contributed by atoms with Crippen molar-refractivity contribution in [2.24, 2.45) is 0 Å². The molecule has 1 aliphatic rings. The van der Waals surface area contributed by atoms with Gasteiger partial charge in [0.05, 0.1) is 11.0 Å². The smallest absolute Gasteiger partial charge is 0.272 e. The SMILES string of the molecule is Cc1nc2cc(-c3noc(C(C)NC(=O)c4ccccc4)n3)ccc2n(C2CCCC2)c1=O. The number of hydrogen-bond acceptors (Lipinski definition) is 6. The fourth-order valence-electron chi connectivity index (χ4n) is 4.45. The van der Waals surface area contributed by atoms with Crippen molar-refractivity contribution >= 4 is 16.9 Å². The van der Waals surface area contributed by atoms with Gasteiger partial charge in [0, 0.05) is 17.2 Å². The highest BCUT2D eigenvalue weighted by atomic mass is 16.5. The predicted octanol–water partition coefficient (Wildman–Crippen LogP) is 4.36. The van der Waals surface area contributed by atoms with Crippen molar-refractivity contribution in [3.8, 4) is 11.4 Å². The number of carbonyl (C=O) groups excluding carboxylic acids is 1. The highest BCUT2D eigenvalue weighted by Gasteiger charge is 2.22. The lowest BCUT2D eigenvalue weighted by Crippen LogP contribution is -2.27. The number of aryl methyl sites for hydroxylation is 1. The van der Waals surface area contributed by atoms with Crippen molar-refractivity contribution < 1.29 is 9.32 Å². The van der Waals surface area contributed by atoms with Gasteiger partial charge < -0.3 is 14.4 Å². The van der Waals surface area contributed by atoms with Crippen molar-refractivity contribution in [2.75, 3.05) is 0 Å². The minimum Gasteiger partial charge on any atom is -0.341 e. The molecule has 1 fully saturated rings. The lowest BCUT2D eigenvalue weighted by atomic mass is 10.1. The molecule has 0 bridgehead atoms. The van der Waals surface area contributed by atoms with Crippen molar-refractivity contribution in [2.45, 2.75) is 51.6 Å². The lowest BCUT2D eigenvalue weighted by Gasteiger charge is -2.17. The number of benzene rings is 2. The first-order valence-corrected chi connectivity index (χ1v) is 11.2. The van der Waals surface area contributed by atoms with Crippen LogP contribution >= 0.6 is 0 Å². The van der Waals surface area contributed by atoms with Gasteiger partial charge in [0.1, 0.15) is 11.7 Å². The van der Waals surface area contributed by atoms with E-state index in [0.29, 0.717) is 23.0 Å². The molecule has 4 aromatic rings. The number of fused-ring (bicyclic) bond motifs is 1. The summed E-state index contributed by atoms with van der Waals surface area (Å²) in [5.74, 6) is 0.512. The standard InChI is InChI=1S/C25H25N5O3/c1-15(27-23(31)17-8-4-3-5-9-17)24-28-22(29-33-24)18-12-13-21-20(14-18)26-16(2)25(32)30(21)19-10-6-7-11-19/h3-5,8-9,12-15,19H,6-7,10-11H2,1-2H3,(H,27,31). The van der Waals surface area contributed by atoms with Crippen LogP contribution < -0.4 is 10.9 Å². The van der Waals surface area contributed by atoms with Gasteiger partial charge in [-0.25, -0.2) is 4.98 Å². The van der Waals surface area contributed by atoms with Gasteiger partial charge in [-0.1, -0.05) is 36.2 Å². The average Bonchev–Trinajstić information content (AvgIpc) is 3.53. The largest absolute Gasteiger partial charge is 0.341 e. The molecule has 8 nitrogen and oxygen atoms in total. The first-order chi connectivity index (χ1) is 16.0. The van der Waals surface area contributed by atoms with E-state index in [-0.39, 0.29) is 17.5 Å². The molecule has 0 saturated heterocycles. The maximum Gasteiger partial charge on any atom is 0.272 e. The molecule has 1 N–H and O–H groups in total. The highest BCUT2D eigenvalue weighted by Crippen LogP contribution is 2.31. The van der Waals surface area contributed by atoms with Crippen LogP contribution in [0.3, 0.4) is 0 Å². The zero-order chi connectivity index (χ0) is 22.9. The molecule has 0 aliphatic heterocycles. The van der Waals surface area contributed by atoms with E-state index < -0.39 is 6.04 Å². The Morgan fingerprint density at radius 1 is 1.12 bits per heavy atom. The van der Waals surface area contributed by atoms with E-state index in [1.54, 1.807) is 26.0 Å². The van der Waals surface area contributed by atoms with Gasteiger partial charge in [0.25, 0.3) is 11.5 Å². The van der Waals surface area contributed by atoms with Crippen LogP contribution in [0.5, 0.6) is 0 Å². The molecule has 1 saturated carbocycles. The zero-order valence-corrected chi connectivity index (χ0v) is 18.6. The van der Waals surface area contributed by atoms with E-state index in [1.165, 1.54) is 0 Å². The van der Waals surface area contributed by atoms with Crippen LogP contribution in [0.4, 0.5) is 0 Å². The summed E-state index contributed by atoms with van der Waals surface area (Å²) in [6.45, 7) is 3.55. The number of carbonyl (C=O) groups is 1. The summed E-state index contributed by atoms with van der Waals surface area (Å²) in [5.41, 5.74) is 3.32. The third kappa shape index (κ3) is 4.04. The van der Waals surface area contributed by atoms with Crippen LogP contribution in [-0.4, -0.2) is 25.6 Å². The Morgan fingerprint density at radius 2 is 1.88 bits per heavy atom. The fraction of sp³-hybridized carbons (Fsp3) is 0.320. The molecule has 168 valence electrons. The van der Waals surface area contributed by atoms with Gasteiger partial charge in [-0.05, 0) is 57.0 Å². The maximum atomic E-state index is 12.8. The average molecular weight is 444 g/mol. The van der Waals surface area contributed by atoms with Gasteiger partial charge >= 0.3 is 0 Å². The summed E-state index contributed by atoms with van der Waals surface area (Å²) in [5, 5.41) is 6.97. The lowest BCUT2D eigenvalue weighted by molar-refractivity contribution is 0.0932. The molecular formula is C25H25N5O3. The topological polar surface area (TPSA) is 103 Å². The molecule has 33 heavy (non-hydrogen) atoms. The van der Waals surface area contributed by atoms with Crippen LogP contribution in [0, 0.1) is 6.92 Å². The van der Waals surface area contributed by atoms with Gasteiger partial charge in [0.15, 0.2) is 0 Å². The molecule has 2 aromatic carbocycles. The van der Waals surface area contributed by atoms with Gasteiger partial charge in [-0.15, -0.1) is 0 Å². The van der Waals surface area contributed by atoms with E-state index in [4.69, 9.17) is 4.52 Å². The van der Waals surface area contributed by atoms with Crippen LogP contribution in [0.1, 0.15) is 66.6 Å². The molecule has 8 heteroatoms. The Bertz CT molecular complexity index is 1370. The molecular weight excluding hydrogens is 418 g/mol. The van der Waals surface area contributed by atoms with Gasteiger partial charge in [-0.3, -0.25) is 9.59 Å². The van der Waals surface area contributed by atoms with Gasteiger partial charge in [0.2, 0.25) is 11.7 Å². The van der Waals surface area contributed by atoms with Crippen molar-refractivity contribution in [1.82, 2.24) is 25.0 Å². The second-order valence-electron chi connectivity index (χ2n) is 8.53. The Hall–Kier alpha value is -3.81. The molecule has 1 atom stereocenters. The summed E-state index contributed by atoms with van der Waals surface area (Å²) in [6.07, 6.45) is 4.31. The van der Waals surface area contributed by atoms with Crippen molar-refractivity contribution in [3.05, 3.63) is 76.0 Å². The number of rotatable bonds is 5. The van der Waals surface area contributed by atoms with E-state index in [9.17, 15) is 9.59 Å². The summed E-state index contributed by atoms with van der Waals surface area (Å²) in [4.78, 5) is 34.3. The number of nitrogens with zero attached hydrogens (tertiary/aromatic N) is 4. The number of hydrogen-bond donors (Lipinski definition) is 1. The van der Waals surface area contributed by atoms with E-state index >= 15 is 0 Å². The second-order valence-corrected chi connectivity index (χ2v) is 8.53. The number of amides is 1. The molecule has 1 unspecified atom stereocenters. The Kier molecular flexibility index (Phi) is 5.50. The molecule has 5 rings (SSSR count). The second kappa shape index (κ2) is 8.61. The van der Waals surface area contributed by atoms with Crippen LogP contribution in [-0.2, 0) is 0 Å². The Morgan fingerprint density at radius 3 is 2.64 bits per heavy atom. The van der Waals surface area contributed by atoms with Gasteiger partial charge in [-0.2, -0.15) is 4.98 Å². The predicted molar refractivity (Wildman–Crippen MR) is 124 cm³/mol. The van der Waals surface area contributed by atoms with E-state index in [1.807, 2.05) is 41.0 Å². The summed E-state index contributed by atoms with van der Waals surface area (Å²) in [7, 11) is 0. The fourth-order valence-corrected chi connectivity index (χ4v) is 4.45. The molecule has 2 aromatic heterocycles. The Balaban J connectivity index is 1.43. The normalized spacial score (nSPS) is 15.1. The van der Waals surface area contributed by atoms with Crippen molar-refractivity contribution in [3.63, 3.8) is 0 Å². The Labute approximate surface area is 190 Å². The molecule has 1 amide bonds. The zero-order valence-electron chi connectivity index (χ0n) is 18.6. The van der Waals surface area contributed by atoms with E-state index in [2.05, 4.69) is 20.4 Å². The minimum absolute atomic E-state index is 0.0213. The third-order valence-corrected chi connectivity index (χ3v) is 6.20. The van der Waals surface area contributed by atoms with Crippen LogP contribution in [0.25, 0.3) is 22.4 Å². The number of aromatic nitrogens is 4. The number of nitrogens with one attached hydrogen (secondary N) is 1. The maximum absolute atomic E-state index is 12.8. The quantitative estimate of drug-likeness (QED) is 0.492. The molecule has 0 spiro atoms. The first-order valence-electron chi connectivity index (χ1n) is 11.2. The van der Waals surface area contributed by atoms with Crippen molar-refractivity contribution in [1.29, 1.82) is 0 Å². The summed E-state index contributed by atoms with van der Waals surface area (Å²) in [6, 6.07) is 14.4.